The highest BCUT2D eigenvalue weighted by atomic mass is 16.5. The molecular weight excluding hydrogens is 574 g/mol. The molecule has 0 spiro atoms. The summed E-state index contributed by atoms with van der Waals surface area (Å²) >= 11 is 0. The molecule has 0 bridgehead atoms. The van der Waals surface area contributed by atoms with Crippen molar-refractivity contribution in [2.75, 3.05) is 13.7 Å². The third kappa shape index (κ3) is 8.10. The van der Waals surface area contributed by atoms with Gasteiger partial charge in [0, 0.05) is 35.9 Å². The number of ether oxygens (including phenoxy) is 2. The summed E-state index contributed by atoms with van der Waals surface area (Å²) in [5.74, 6) is 2.04. The number of ketones is 1. The fourth-order valence-corrected chi connectivity index (χ4v) is 5.56. The number of benzene rings is 4. The van der Waals surface area contributed by atoms with Gasteiger partial charge in [-0.05, 0) is 85.1 Å². The molecule has 0 fully saturated rings. The Morgan fingerprint density at radius 1 is 0.804 bits per heavy atom. The van der Waals surface area contributed by atoms with Gasteiger partial charge in [-0.2, -0.15) is 0 Å². The van der Waals surface area contributed by atoms with Crippen molar-refractivity contribution >= 4 is 11.7 Å². The Bertz CT molecular complexity index is 1740. The van der Waals surface area contributed by atoms with Gasteiger partial charge in [-0.3, -0.25) is 9.59 Å². The molecule has 0 aliphatic carbocycles. The predicted molar refractivity (Wildman–Crippen MR) is 179 cm³/mol. The van der Waals surface area contributed by atoms with Crippen LogP contribution in [0.5, 0.6) is 17.2 Å². The molecular formula is C39H42N3O4+. The SMILES string of the molecule is COc1ccc(C(=O)c2ccc(Oc3ccc(C(C)(CCC(=O)NCCCn4cc[n+](C)c4)c4ccc(C)cc4)cc3)cc2)cc1. The van der Waals surface area contributed by atoms with Gasteiger partial charge in [0.05, 0.1) is 20.7 Å². The molecule has 0 aliphatic rings. The van der Waals surface area contributed by atoms with Crippen molar-refractivity contribution in [2.45, 2.75) is 45.1 Å². The molecule has 1 N–H and O–H groups in total. The Hall–Kier alpha value is -5.17. The van der Waals surface area contributed by atoms with Crippen molar-refractivity contribution in [3.63, 3.8) is 0 Å². The number of hydrogen-bond donors (Lipinski definition) is 1. The molecule has 7 nitrogen and oxygen atoms in total. The number of imidazole rings is 1. The van der Waals surface area contributed by atoms with Crippen LogP contribution in [0.15, 0.2) is 116 Å². The van der Waals surface area contributed by atoms with E-state index < -0.39 is 0 Å². The van der Waals surface area contributed by atoms with Crippen LogP contribution in [0.25, 0.3) is 0 Å². The zero-order valence-corrected chi connectivity index (χ0v) is 27.0. The minimum atomic E-state index is -0.368. The average molecular weight is 617 g/mol. The van der Waals surface area contributed by atoms with Crippen molar-refractivity contribution < 1.29 is 23.6 Å². The molecule has 1 amide bonds. The molecule has 1 aromatic heterocycles. The Balaban J connectivity index is 1.22. The van der Waals surface area contributed by atoms with Crippen LogP contribution in [0.2, 0.25) is 0 Å². The Kier molecular flexibility index (Phi) is 10.3. The van der Waals surface area contributed by atoms with E-state index in [1.54, 1.807) is 55.6 Å². The van der Waals surface area contributed by atoms with Gasteiger partial charge in [-0.15, -0.1) is 0 Å². The number of hydrogen-bond acceptors (Lipinski definition) is 4. The number of methoxy groups -OCH3 is 1. The number of rotatable bonds is 14. The molecule has 0 aliphatic heterocycles. The second-order valence-corrected chi connectivity index (χ2v) is 11.9. The molecule has 5 rings (SSSR count). The summed E-state index contributed by atoms with van der Waals surface area (Å²) in [5.41, 5.74) is 4.28. The highest BCUT2D eigenvalue weighted by molar-refractivity contribution is 6.09. The third-order valence-electron chi connectivity index (χ3n) is 8.48. The molecule has 7 heteroatoms. The largest absolute Gasteiger partial charge is 0.497 e. The van der Waals surface area contributed by atoms with Gasteiger partial charge in [0.1, 0.15) is 29.6 Å². The first-order chi connectivity index (χ1) is 22.2. The maximum Gasteiger partial charge on any atom is 0.243 e. The second-order valence-electron chi connectivity index (χ2n) is 11.9. The number of aryl methyl sites for hydroxylation is 3. The lowest BCUT2D eigenvalue weighted by atomic mass is 9.73. The van der Waals surface area contributed by atoms with Crippen LogP contribution >= 0.6 is 0 Å². The summed E-state index contributed by atoms with van der Waals surface area (Å²) in [6, 6.07) is 30.9. The van der Waals surface area contributed by atoms with Gasteiger partial charge in [0.2, 0.25) is 12.2 Å². The summed E-state index contributed by atoms with van der Waals surface area (Å²) in [5, 5.41) is 3.10. The van der Waals surface area contributed by atoms with Crippen molar-refractivity contribution in [3.8, 4) is 17.2 Å². The highest BCUT2D eigenvalue weighted by Crippen LogP contribution is 2.38. The third-order valence-corrected chi connectivity index (χ3v) is 8.48. The molecule has 1 unspecified atom stereocenters. The first-order valence-corrected chi connectivity index (χ1v) is 15.7. The molecule has 0 saturated carbocycles. The quantitative estimate of drug-likeness (QED) is 0.0833. The Labute approximate surface area is 271 Å². The molecule has 5 aromatic rings. The van der Waals surface area contributed by atoms with E-state index in [4.69, 9.17) is 9.47 Å². The zero-order chi connectivity index (χ0) is 32.5. The lowest BCUT2D eigenvalue weighted by molar-refractivity contribution is -0.671. The van der Waals surface area contributed by atoms with Crippen molar-refractivity contribution in [3.05, 3.63) is 144 Å². The molecule has 0 radical (unpaired) electrons. The lowest BCUT2D eigenvalue weighted by Gasteiger charge is -2.31. The van der Waals surface area contributed by atoms with Gasteiger partial charge in [0.15, 0.2) is 5.78 Å². The number of aromatic nitrogens is 2. The molecule has 1 atom stereocenters. The van der Waals surface area contributed by atoms with Gasteiger partial charge < -0.3 is 14.8 Å². The lowest BCUT2D eigenvalue weighted by Crippen LogP contribution is -2.30. The minimum Gasteiger partial charge on any atom is -0.497 e. The van der Waals surface area contributed by atoms with E-state index in [9.17, 15) is 9.59 Å². The van der Waals surface area contributed by atoms with Crippen LogP contribution in [0, 0.1) is 6.92 Å². The molecule has 1 heterocycles. The van der Waals surface area contributed by atoms with E-state index in [0.717, 1.165) is 24.1 Å². The predicted octanol–water partition coefficient (Wildman–Crippen LogP) is 6.95. The van der Waals surface area contributed by atoms with Gasteiger partial charge in [-0.25, -0.2) is 9.13 Å². The summed E-state index contributed by atoms with van der Waals surface area (Å²) in [6.07, 6.45) is 8.04. The first-order valence-electron chi connectivity index (χ1n) is 15.7. The molecule has 46 heavy (non-hydrogen) atoms. The van der Waals surface area contributed by atoms with E-state index in [0.29, 0.717) is 47.8 Å². The second kappa shape index (κ2) is 14.7. The van der Waals surface area contributed by atoms with E-state index >= 15 is 0 Å². The minimum absolute atomic E-state index is 0.0604. The summed E-state index contributed by atoms with van der Waals surface area (Å²) < 4.78 is 15.4. The van der Waals surface area contributed by atoms with Gasteiger partial charge in [0.25, 0.3) is 0 Å². The van der Waals surface area contributed by atoms with Crippen LogP contribution in [-0.4, -0.2) is 29.9 Å². The molecule has 0 saturated heterocycles. The number of carbonyl (C=O) groups excluding carboxylic acids is 2. The van der Waals surface area contributed by atoms with E-state index in [-0.39, 0.29) is 17.1 Å². The number of nitrogens with zero attached hydrogens (tertiary/aromatic N) is 2. The fourth-order valence-electron chi connectivity index (χ4n) is 5.56. The number of carbonyl (C=O) groups is 2. The van der Waals surface area contributed by atoms with Crippen molar-refractivity contribution in [1.29, 1.82) is 0 Å². The van der Waals surface area contributed by atoms with Crippen molar-refractivity contribution in [2.24, 2.45) is 7.05 Å². The summed E-state index contributed by atoms with van der Waals surface area (Å²) in [7, 11) is 3.60. The number of nitrogens with one attached hydrogen (secondary N) is 1. The first kappa shape index (κ1) is 32.2. The van der Waals surface area contributed by atoms with Crippen LogP contribution in [0.4, 0.5) is 0 Å². The maximum atomic E-state index is 12.9. The van der Waals surface area contributed by atoms with Crippen LogP contribution in [0.3, 0.4) is 0 Å². The van der Waals surface area contributed by atoms with Crippen LogP contribution < -0.4 is 19.4 Å². The van der Waals surface area contributed by atoms with Gasteiger partial charge in [-0.1, -0.05) is 48.9 Å². The zero-order valence-electron chi connectivity index (χ0n) is 27.0. The smallest absolute Gasteiger partial charge is 0.243 e. The van der Waals surface area contributed by atoms with E-state index in [1.165, 1.54) is 5.56 Å². The maximum absolute atomic E-state index is 12.9. The molecule has 236 valence electrons. The van der Waals surface area contributed by atoms with Gasteiger partial charge >= 0.3 is 0 Å². The van der Waals surface area contributed by atoms with E-state index in [2.05, 4.69) is 60.1 Å². The van der Waals surface area contributed by atoms with E-state index in [1.807, 2.05) is 42.5 Å². The molecule has 4 aromatic carbocycles. The average Bonchev–Trinajstić information content (AvgIpc) is 3.51. The normalized spacial score (nSPS) is 12.3. The monoisotopic (exact) mass is 616 g/mol. The van der Waals surface area contributed by atoms with Crippen LogP contribution in [-0.2, 0) is 23.8 Å². The highest BCUT2D eigenvalue weighted by Gasteiger charge is 2.29. The topological polar surface area (TPSA) is 73.4 Å². The Morgan fingerprint density at radius 2 is 1.35 bits per heavy atom. The standard InChI is InChI=1S/C39H41N3O4/c1-29-6-12-32(13-7-29)39(2,23-22-37(43)40-24-5-25-42-27-26-41(3)28-42)33-14-20-36(21-15-33)46-35-18-10-31(11-19-35)38(44)30-8-16-34(45-4)17-9-30/h6-21,26-28H,5,22-25H2,1-4H3/p+1. The van der Waals surface area contributed by atoms with Crippen LogP contribution in [0.1, 0.15) is 58.8 Å². The summed E-state index contributed by atoms with van der Waals surface area (Å²) in [4.78, 5) is 25.8. The summed E-state index contributed by atoms with van der Waals surface area (Å²) in [6.45, 7) is 5.79. The van der Waals surface area contributed by atoms with Crippen molar-refractivity contribution in [1.82, 2.24) is 9.88 Å². The fraction of sp³-hybridized carbons (Fsp3) is 0.256. The number of amides is 1. The Morgan fingerprint density at radius 3 is 1.89 bits per heavy atom.